The topological polar surface area (TPSA) is 84.9 Å². The number of H-pyrrole nitrogens is 1. The van der Waals surface area contributed by atoms with Crippen molar-refractivity contribution in [3.8, 4) is 11.3 Å². The van der Waals surface area contributed by atoms with Crippen molar-refractivity contribution in [3.05, 3.63) is 30.4 Å². The van der Waals surface area contributed by atoms with Gasteiger partial charge in [-0.2, -0.15) is 10.2 Å². The van der Waals surface area contributed by atoms with Gasteiger partial charge in [-0.15, -0.1) is 0 Å². The highest BCUT2D eigenvalue weighted by molar-refractivity contribution is 5.80. The number of nitrogens with two attached hydrogens (primary N) is 1. The molecular formula is C10H10N6. The number of aromatic nitrogens is 5. The molecule has 3 aromatic rings. The maximum absolute atomic E-state index is 5.71. The van der Waals surface area contributed by atoms with Gasteiger partial charge in [0.1, 0.15) is 5.82 Å². The quantitative estimate of drug-likeness (QED) is 0.633. The number of anilines is 1. The van der Waals surface area contributed by atoms with Crippen LogP contribution in [-0.4, -0.2) is 24.8 Å². The van der Waals surface area contributed by atoms with Crippen molar-refractivity contribution < 1.29 is 0 Å². The van der Waals surface area contributed by atoms with Crippen LogP contribution >= 0.6 is 0 Å². The predicted octanol–water partition coefficient (Wildman–Crippen LogP) is 1.01. The standard InChI is InChI=1S/C10H10N6/c1-6-9(14-15-10(6)11)7-4-13-16-3-2-12-5-8(7)16/h2-5H,1H3,(H3,11,14,15). The summed E-state index contributed by atoms with van der Waals surface area (Å²) in [6, 6.07) is 0. The number of fused-ring (bicyclic) bond motifs is 1. The fourth-order valence-electron chi connectivity index (χ4n) is 1.70. The van der Waals surface area contributed by atoms with Crippen LogP contribution in [0.4, 0.5) is 5.82 Å². The smallest absolute Gasteiger partial charge is 0.148 e. The van der Waals surface area contributed by atoms with Crippen LogP contribution in [0.1, 0.15) is 5.56 Å². The van der Waals surface area contributed by atoms with Crippen LogP contribution in [0.5, 0.6) is 0 Å². The highest BCUT2D eigenvalue weighted by Crippen LogP contribution is 2.27. The molecule has 0 fully saturated rings. The molecule has 3 heterocycles. The van der Waals surface area contributed by atoms with Gasteiger partial charge in [-0.05, 0) is 6.92 Å². The van der Waals surface area contributed by atoms with Crippen LogP contribution < -0.4 is 5.73 Å². The molecule has 3 aromatic heterocycles. The zero-order chi connectivity index (χ0) is 11.1. The Kier molecular flexibility index (Phi) is 1.70. The first kappa shape index (κ1) is 8.90. The van der Waals surface area contributed by atoms with Crippen molar-refractivity contribution in [1.29, 1.82) is 0 Å². The zero-order valence-electron chi connectivity index (χ0n) is 8.68. The minimum atomic E-state index is 0.512. The Bertz CT molecular complexity index is 650. The number of nitrogen functional groups attached to an aromatic ring is 1. The molecule has 6 heteroatoms. The molecule has 0 atom stereocenters. The van der Waals surface area contributed by atoms with Crippen molar-refractivity contribution in [2.45, 2.75) is 6.92 Å². The first-order chi connectivity index (χ1) is 7.77. The molecule has 0 aliphatic rings. The van der Waals surface area contributed by atoms with E-state index in [1.807, 2.05) is 6.92 Å². The molecule has 16 heavy (non-hydrogen) atoms. The van der Waals surface area contributed by atoms with Gasteiger partial charge in [-0.3, -0.25) is 10.1 Å². The lowest BCUT2D eigenvalue weighted by molar-refractivity contribution is 0.946. The number of aromatic amines is 1. The van der Waals surface area contributed by atoms with Crippen LogP contribution in [0, 0.1) is 6.92 Å². The Hall–Kier alpha value is -2.37. The van der Waals surface area contributed by atoms with E-state index in [0.717, 1.165) is 22.3 Å². The number of rotatable bonds is 1. The molecule has 0 radical (unpaired) electrons. The van der Waals surface area contributed by atoms with Gasteiger partial charge in [0.05, 0.1) is 23.6 Å². The summed E-state index contributed by atoms with van der Waals surface area (Å²) in [6.45, 7) is 1.92. The van der Waals surface area contributed by atoms with Crippen LogP contribution in [0.15, 0.2) is 24.8 Å². The van der Waals surface area contributed by atoms with E-state index < -0.39 is 0 Å². The molecule has 0 amide bonds. The molecule has 3 rings (SSSR count). The van der Waals surface area contributed by atoms with Gasteiger partial charge in [-0.1, -0.05) is 0 Å². The summed E-state index contributed by atoms with van der Waals surface area (Å²) in [5.74, 6) is 0.512. The molecule has 80 valence electrons. The van der Waals surface area contributed by atoms with E-state index >= 15 is 0 Å². The van der Waals surface area contributed by atoms with Crippen molar-refractivity contribution in [3.63, 3.8) is 0 Å². The highest BCUT2D eigenvalue weighted by Gasteiger charge is 2.12. The van der Waals surface area contributed by atoms with E-state index in [-0.39, 0.29) is 0 Å². The van der Waals surface area contributed by atoms with Gasteiger partial charge in [0.15, 0.2) is 0 Å². The Morgan fingerprint density at radius 2 is 2.25 bits per heavy atom. The Morgan fingerprint density at radius 3 is 3.00 bits per heavy atom. The molecule has 0 aromatic carbocycles. The van der Waals surface area contributed by atoms with Crippen LogP contribution in [0.3, 0.4) is 0 Å². The average Bonchev–Trinajstić information content (AvgIpc) is 2.85. The van der Waals surface area contributed by atoms with Crippen LogP contribution in [0.2, 0.25) is 0 Å². The molecule has 3 N–H and O–H groups in total. The second-order valence-corrected chi connectivity index (χ2v) is 3.57. The van der Waals surface area contributed by atoms with Crippen molar-refractivity contribution in [2.24, 2.45) is 0 Å². The molecule has 0 bridgehead atoms. The van der Waals surface area contributed by atoms with Crippen molar-refractivity contribution >= 4 is 11.3 Å². The third-order valence-corrected chi connectivity index (χ3v) is 2.64. The largest absolute Gasteiger partial charge is 0.382 e. The van der Waals surface area contributed by atoms with Crippen molar-refractivity contribution in [1.82, 2.24) is 24.8 Å². The molecule has 6 nitrogen and oxygen atoms in total. The van der Waals surface area contributed by atoms with E-state index in [1.165, 1.54) is 0 Å². The van der Waals surface area contributed by atoms with Gasteiger partial charge in [0.2, 0.25) is 0 Å². The van der Waals surface area contributed by atoms with Gasteiger partial charge in [0.25, 0.3) is 0 Å². The van der Waals surface area contributed by atoms with E-state index in [4.69, 9.17) is 5.73 Å². The van der Waals surface area contributed by atoms with E-state index in [2.05, 4.69) is 20.3 Å². The number of hydrogen-bond donors (Lipinski definition) is 2. The highest BCUT2D eigenvalue weighted by atomic mass is 15.2. The maximum atomic E-state index is 5.71. The van der Waals surface area contributed by atoms with Gasteiger partial charge in [0, 0.05) is 23.5 Å². The summed E-state index contributed by atoms with van der Waals surface area (Å²) in [5, 5.41) is 11.1. The lowest BCUT2D eigenvalue weighted by atomic mass is 10.1. The molecule has 0 saturated heterocycles. The van der Waals surface area contributed by atoms with Gasteiger partial charge >= 0.3 is 0 Å². The maximum Gasteiger partial charge on any atom is 0.148 e. The molecular weight excluding hydrogens is 204 g/mol. The Labute approximate surface area is 91.1 Å². The third-order valence-electron chi connectivity index (χ3n) is 2.64. The Morgan fingerprint density at radius 1 is 1.38 bits per heavy atom. The summed E-state index contributed by atoms with van der Waals surface area (Å²) in [5.41, 5.74) is 9.40. The third kappa shape index (κ3) is 1.10. The normalized spacial score (nSPS) is 11.1. The summed E-state index contributed by atoms with van der Waals surface area (Å²) < 4.78 is 1.76. The summed E-state index contributed by atoms with van der Waals surface area (Å²) in [7, 11) is 0. The summed E-state index contributed by atoms with van der Waals surface area (Å²) >= 11 is 0. The van der Waals surface area contributed by atoms with E-state index in [1.54, 1.807) is 29.3 Å². The lowest BCUT2D eigenvalue weighted by Crippen LogP contribution is -1.87. The monoisotopic (exact) mass is 214 g/mol. The van der Waals surface area contributed by atoms with Crippen LogP contribution in [0.25, 0.3) is 16.8 Å². The second-order valence-electron chi connectivity index (χ2n) is 3.57. The number of hydrogen-bond acceptors (Lipinski definition) is 4. The van der Waals surface area contributed by atoms with Crippen LogP contribution in [-0.2, 0) is 0 Å². The fraction of sp³-hybridized carbons (Fsp3) is 0.100. The van der Waals surface area contributed by atoms with Gasteiger partial charge < -0.3 is 5.73 Å². The summed E-state index contributed by atoms with van der Waals surface area (Å²) in [6.07, 6.45) is 7.03. The fourth-order valence-corrected chi connectivity index (χ4v) is 1.70. The zero-order valence-corrected chi connectivity index (χ0v) is 8.68. The molecule has 0 saturated carbocycles. The van der Waals surface area contributed by atoms with Crippen molar-refractivity contribution in [2.75, 3.05) is 5.73 Å². The average molecular weight is 214 g/mol. The van der Waals surface area contributed by atoms with Gasteiger partial charge in [-0.25, -0.2) is 4.52 Å². The number of nitrogens with one attached hydrogen (secondary N) is 1. The van der Waals surface area contributed by atoms with E-state index in [9.17, 15) is 0 Å². The minimum Gasteiger partial charge on any atom is -0.382 e. The van der Waals surface area contributed by atoms with E-state index in [0.29, 0.717) is 5.82 Å². The lowest BCUT2D eigenvalue weighted by Gasteiger charge is -1.96. The molecule has 0 aliphatic heterocycles. The Balaban J connectivity index is 2.30. The molecule has 0 aliphatic carbocycles. The summed E-state index contributed by atoms with van der Waals surface area (Å²) in [4.78, 5) is 4.08. The predicted molar refractivity (Wildman–Crippen MR) is 59.7 cm³/mol. The molecule has 0 spiro atoms. The molecule has 0 unspecified atom stereocenters. The number of nitrogens with zero attached hydrogens (tertiary/aromatic N) is 4. The first-order valence-corrected chi connectivity index (χ1v) is 4.85. The SMILES string of the molecule is Cc1c(N)n[nH]c1-c1cnn2ccncc12. The second kappa shape index (κ2) is 3.06. The minimum absolute atomic E-state index is 0.512. The first-order valence-electron chi connectivity index (χ1n) is 4.85.